The highest BCUT2D eigenvalue weighted by Gasteiger charge is 2.34. The Labute approximate surface area is 199 Å². The first-order chi connectivity index (χ1) is 16.3. The molecule has 0 aromatic carbocycles. The van der Waals surface area contributed by atoms with Gasteiger partial charge in [-0.05, 0) is 25.1 Å². The van der Waals surface area contributed by atoms with Crippen LogP contribution in [0.25, 0.3) is 0 Å². The first-order valence-corrected chi connectivity index (χ1v) is 11.1. The zero-order valence-corrected chi connectivity index (χ0v) is 19.9. The van der Waals surface area contributed by atoms with Crippen molar-refractivity contribution in [1.29, 1.82) is 0 Å². The van der Waals surface area contributed by atoms with Crippen LogP contribution in [0.2, 0.25) is 0 Å². The summed E-state index contributed by atoms with van der Waals surface area (Å²) >= 11 is 0. The molecule has 34 heavy (non-hydrogen) atoms. The normalized spacial score (nSPS) is 18.5. The third-order valence-electron chi connectivity index (χ3n) is 5.68. The summed E-state index contributed by atoms with van der Waals surface area (Å²) < 4.78 is 11.1. The fourth-order valence-corrected chi connectivity index (χ4v) is 3.58. The van der Waals surface area contributed by atoms with Crippen LogP contribution < -0.4 is 4.74 Å². The molecule has 1 N–H and O–H groups in total. The van der Waals surface area contributed by atoms with E-state index < -0.39 is 12.1 Å². The van der Waals surface area contributed by atoms with Crippen molar-refractivity contribution in [3.05, 3.63) is 53.5 Å². The zero-order valence-electron chi connectivity index (χ0n) is 19.9. The van der Waals surface area contributed by atoms with Gasteiger partial charge in [-0.3, -0.25) is 14.6 Å². The Morgan fingerprint density at radius 1 is 1.38 bits per heavy atom. The maximum atomic E-state index is 13.4. The number of fused-ring (bicyclic) bond motifs is 1. The molecular weight excluding hydrogens is 436 g/mol. The van der Waals surface area contributed by atoms with Gasteiger partial charge < -0.3 is 24.4 Å². The molecule has 3 heterocycles. The smallest absolute Gasteiger partial charge is 0.259 e. The lowest BCUT2D eigenvalue weighted by atomic mass is 10.00. The van der Waals surface area contributed by atoms with Crippen LogP contribution in [0, 0.1) is 17.8 Å². The molecule has 2 aromatic rings. The molecule has 1 aliphatic heterocycles. The van der Waals surface area contributed by atoms with Crippen molar-refractivity contribution >= 4 is 11.8 Å². The number of amides is 2. The van der Waals surface area contributed by atoms with E-state index in [0.717, 1.165) is 5.56 Å². The third kappa shape index (κ3) is 6.10. The van der Waals surface area contributed by atoms with E-state index in [-0.39, 0.29) is 42.4 Å². The van der Waals surface area contributed by atoms with Crippen LogP contribution >= 0.6 is 0 Å². The van der Waals surface area contributed by atoms with Gasteiger partial charge in [0, 0.05) is 56.3 Å². The highest BCUT2D eigenvalue weighted by atomic mass is 16.5. The third-order valence-corrected chi connectivity index (χ3v) is 5.68. The number of carbonyl (C=O) groups excluding carboxylic acids is 2. The molecule has 0 bridgehead atoms. The highest BCUT2D eigenvalue weighted by molar-refractivity contribution is 5.97. The molecule has 2 amide bonds. The van der Waals surface area contributed by atoms with Gasteiger partial charge in [-0.1, -0.05) is 18.8 Å². The molecular formula is C25H30N4O5. The van der Waals surface area contributed by atoms with Crippen LogP contribution in [0.15, 0.2) is 36.8 Å². The van der Waals surface area contributed by atoms with E-state index in [1.54, 1.807) is 54.5 Å². The summed E-state index contributed by atoms with van der Waals surface area (Å²) in [4.78, 5) is 37.3. The number of aliphatic hydroxyl groups is 1. The van der Waals surface area contributed by atoms with Crippen molar-refractivity contribution in [2.24, 2.45) is 5.92 Å². The Hall–Kier alpha value is -3.48. The summed E-state index contributed by atoms with van der Waals surface area (Å²) in [5.74, 6) is 5.60. The van der Waals surface area contributed by atoms with Gasteiger partial charge in [0.05, 0.1) is 19.2 Å². The van der Waals surface area contributed by atoms with Crippen molar-refractivity contribution in [1.82, 2.24) is 19.8 Å². The molecule has 9 nitrogen and oxygen atoms in total. The minimum Gasteiger partial charge on any atom is -0.472 e. The fourth-order valence-electron chi connectivity index (χ4n) is 3.58. The van der Waals surface area contributed by atoms with Crippen molar-refractivity contribution in [3.8, 4) is 17.7 Å². The van der Waals surface area contributed by atoms with Gasteiger partial charge in [-0.15, -0.1) is 0 Å². The largest absolute Gasteiger partial charge is 0.472 e. The number of aliphatic hydroxyl groups excluding tert-OH is 1. The maximum absolute atomic E-state index is 13.4. The molecule has 0 fully saturated rings. The van der Waals surface area contributed by atoms with Crippen LogP contribution in [0.4, 0.5) is 0 Å². The summed E-state index contributed by atoms with van der Waals surface area (Å²) in [5, 5.41) is 9.77. The Bertz CT molecular complexity index is 1070. The van der Waals surface area contributed by atoms with Gasteiger partial charge in [0.25, 0.3) is 5.91 Å². The minimum absolute atomic E-state index is 0.0302. The summed E-state index contributed by atoms with van der Waals surface area (Å²) in [6.45, 7) is 4.17. The Kier molecular flexibility index (Phi) is 8.57. The quantitative estimate of drug-likeness (QED) is 0.638. The lowest BCUT2D eigenvalue weighted by Gasteiger charge is -2.37. The number of methoxy groups -OCH3 is 1. The number of rotatable bonds is 6. The van der Waals surface area contributed by atoms with Crippen LogP contribution in [0.5, 0.6) is 5.88 Å². The van der Waals surface area contributed by atoms with E-state index in [4.69, 9.17) is 9.47 Å². The molecule has 3 atom stereocenters. The van der Waals surface area contributed by atoms with E-state index in [1.165, 1.54) is 7.11 Å². The van der Waals surface area contributed by atoms with Gasteiger partial charge in [-0.2, -0.15) is 0 Å². The number of hydrogen-bond acceptors (Lipinski definition) is 7. The Morgan fingerprint density at radius 2 is 2.15 bits per heavy atom. The lowest BCUT2D eigenvalue weighted by Crippen LogP contribution is -2.50. The molecule has 0 aliphatic carbocycles. The van der Waals surface area contributed by atoms with Crippen LogP contribution in [-0.4, -0.2) is 89.3 Å². The first kappa shape index (κ1) is 25.1. The van der Waals surface area contributed by atoms with Gasteiger partial charge in [0.2, 0.25) is 11.8 Å². The molecule has 0 radical (unpaired) electrons. The molecule has 180 valence electrons. The number of nitrogens with zero attached hydrogens (tertiary/aromatic N) is 4. The minimum atomic E-state index is -0.425. The van der Waals surface area contributed by atoms with Gasteiger partial charge in [-0.25, -0.2) is 4.98 Å². The average molecular weight is 467 g/mol. The molecule has 0 saturated carbocycles. The van der Waals surface area contributed by atoms with E-state index in [0.29, 0.717) is 18.7 Å². The maximum Gasteiger partial charge on any atom is 0.259 e. The molecule has 0 unspecified atom stereocenters. The fraction of sp³-hybridized carbons (Fsp3) is 0.440. The molecule has 9 heteroatoms. The molecule has 0 spiro atoms. The summed E-state index contributed by atoms with van der Waals surface area (Å²) in [5.41, 5.74) is 1.56. The predicted molar refractivity (Wildman–Crippen MR) is 125 cm³/mol. The van der Waals surface area contributed by atoms with Crippen molar-refractivity contribution in [3.63, 3.8) is 0 Å². The highest BCUT2D eigenvalue weighted by Crippen LogP contribution is 2.27. The van der Waals surface area contributed by atoms with E-state index in [2.05, 4.69) is 21.8 Å². The lowest BCUT2D eigenvalue weighted by molar-refractivity contribution is -0.135. The molecule has 2 aromatic heterocycles. The van der Waals surface area contributed by atoms with E-state index >= 15 is 0 Å². The SMILES string of the molecule is COCC(=O)N(C)C[C@@H]1Oc2ncc(C#Cc3cccnc3)cc2C(=O)N([C@H](C)CO)C[C@H]1C. The van der Waals surface area contributed by atoms with E-state index in [9.17, 15) is 14.7 Å². The van der Waals surface area contributed by atoms with Crippen LogP contribution in [-0.2, 0) is 9.53 Å². The number of ether oxygens (including phenoxy) is 2. The standard InChI is InChI=1S/C25H30N4O5/c1-17-13-29(18(2)15-30)25(32)21-10-20(8-7-19-6-5-9-26-11-19)12-27-24(21)34-22(17)14-28(3)23(31)16-33-4/h5-6,9-12,17-18,22,30H,13-16H2,1-4H3/t17-,18-,22+/m1/s1. The molecule has 1 aliphatic rings. The zero-order chi connectivity index (χ0) is 24.7. The second-order valence-electron chi connectivity index (χ2n) is 8.40. The second kappa shape index (κ2) is 11.6. The molecule has 0 saturated heterocycles. The Balaban J connectivity index is 1.96. The number of hydrogen-bond donors (Lipinski definition) is 1. The summed E-state index contributed by atoms with van der Waals surface area (Å²) in [6, 6.07) is 4.88. The van der Waals surface area contributed by atoms with E-state index in [1.807, 2.05) is 13.0 Å². The molecule has 3 rings (SSSR count). The average Bonchev–Trinajstić information content (AvgIpc) is 2.85. The first-order valence-electron chi connectivity index (χ1n) is 11.1. The topological polar surface area (TPSA) is 105 Å². The van der Waals surface area contributed by atoms with Crippen LogP contribution in [0.1, 0.15) is 35.3 Å². The summed E-state index contributed by atoms with van der Waals surface area (Å²) in [7, 11) is 3.15. The van der Waals surface area contributed by atoms with Crippen molar-refractivity contribution < 1.29 is 24.2 Å². The second-order valence-corrected chi connectivity index (χ2v) is 8.40. The number of pyridine rings is 2. The number of aromatic nitrogens is 2. The monoisotopic (exact) mass is 466 g/mol. The predicted octanol–water partition coefficient (Wildman–Crippen LogP) is 1.20. The Morgan fingerprint density at radius 3 is 2.82 bits per heavy atom. The van der Waals surface area contributed by atoms with Crippen LogP contribution in [0.3, 0.4) is 0 Å². The number of likely N-dealkylation sites (N-methyl/N-ethyl adjacent to an activating group) is 1. The van der Waals surface area contributed by atoms with Gasteiger partial charge in [0.1, 0.15) is 18.3 Å². The summed E-state index contributed by atoms with van der Waals surface area (Å²) in [6.07, 6.45) is 4.45. The van der Waals surface area contributed by atoms with Gasteiger partial charge in [0.15, 0.2) is 0 Å². The van der Waals surface area contributed by atoms with Crippen molar-refractivity contribution in [2.45, 2.75) is 26.0 Å². The van der Waals surface area contributed by atoms with Gasteiger partial charge >= 0.3 is 0 Å². The van der Waals surface area contributed by atoms with Crippen molar-refractivity contribution in [2.75, 3.05) is 40.5 Å². The number of carbonyl (C=O) groups is 2.